The van der Waals surface area contributed by atoms with Crippen molar-refractivity contribution in [2.24, 2.45) is 11.7 Å². The lowest BCUT2D eigenvalue weighted by atomic mass is 10.0. The van der Waals surface area contributed by atoms with Gasteiger partial charge in [-0.2, -0.15) is 0 Å². The summed E-state index contributed by atoms with van der Waals surface area (Å²) in [6.45, 7) is 4.14. The molecule has 0 bridgehead atoms. The van der Waals surface area contributed by atoms with Crippen LogP contribution in [0.3, 0.4) is 0 Å². The molecule has 0 aliphatic rings. The highest BCUT2D eigenvalue weighted by Crippen LogP contribution is 2.17. The first-order valence-electron chi connectivity index (χ1n) is 3.98. The second-order valence-corrected chi connectivity index (χ2v) is 3.61. The molecule has 1 heterocycles. The van der Waals surface area contributed by atoms with Crippen LogP contribution in [0, 0.1) is 5.92 Å². The molecule has 0 spiro atoms. The van der Waals surface area contributed by atoms with E-state index in [4.69, 9.17) is 17.3 Å². The standard InChI is InChI=1S/C9H13ClN2.ClH/c1-6(2)9(11)8-4-3-7(10)5-12-8;/h3-6,9H,11H2,1-2H3;1H. The Kier molecular flexibility index (Phi) is 5.30. The zero-order chi connectivity index (χ0) is 9.14. The molecule has 74 valence electrons. The topological polar surface area (TPSA) is 38.9 Å². The summed E-state index contributed by atoms with van der Waals surface area (Å²) in [7, 11) is 0. The van der Waals surface area contributed by atoms with Crippen LogP contribution >= 0.6 is 24.0 Å². The SMILES string of the molecule is CC(C)C(N)c1ccc(Cl)cn1.Cl. The van der Waals surface area contributed by atoms with E-state index < -0.39 is 0 Å². The molecule has 0 aliphatic heterocycles. The second kappa shape index (κ2) is 5.43. The van der Waals surface area contributed by atoms with Crippen LogP contribution in [-0.4, -0.2) is 4.98 Å². The van der Waals surface area contributed by atoms with E-state index in [0.29, 0.717) is 10.9 Å². The van der Waals surface area contributed by atoms with Crippen molar-refractivity contribution >= 4 is 24.0 Å². The van der Waals surface area contributed by atoms with E-state index in [1.165, 1.54) is 0 Å². The average Bonchev–Trinajstić information content (AvgIpc) is 2.04. The van der Waals surface area contributed by atoms with Crippen LogP contribution in [0.1, 0.15) is 25.6 Å². The summed E-state index contributed by atoms with van der Waals surface area (Å²) in [5, 5.41) is 0.648. The van der Waals surface area contributed by atoms with Gasteiger partial charge >= 0.3 is 0 Å². The Hall–Kier alpha value is -0.310. The smallest absolute Gasteiger partial charge is 0.0589 e. The van der Waals surface area contributed by atoms with Crippen molar-refractivity contribution in [1.29, 1.82) is 0 Å². The predicted molar refractivity (Wildman–Crippen MR) is 58.3 cm³/mol. The summed E-state index contributed by atoms with van der Waals surface area (Å²) in [5.74, 6) is 0.402. The molecule has 1 rings (SSSR count). The molecule has 1 aromatic heterocycles. The lowest BCUT2D eigenvalue weighted by molar-refractivity contribution is 0.503. The molecule has 0 amide bonds. The molecule has 0 radical (unpaired) electrons. The van der Waals surface area contributed by atoms with Gasteiger partial charge in [0, 0.05) is 12.2 Å². The lowest BCUT2D eigenvalue weighted by Crippen LogP contribution is -2.17. The van der Waals surface area contributed by atoms with E-state index in [9.17, 15) is 0 Å². The number of nitrogens with two attached hydrogens (primary N) is 1. The Morgan fingerprint density at radius 1 is 1.38 bits per heavy atom. The predicted octanol–water partition coefficient (Wildman–Crippen LogP) is 2.81. The van der Waals surface area contributed by atoms with Gasteiger partial charge in [0.15, 0.2) is 0 Å². The van der Waals surface area contributed by atoms with Crippen LogP contribution in [-0.2, 0) is 0 Å². The molecule has 0 fully saturated rings. The van der Waals surface area contributed by atoms with Crippen LogP contribution in [0.5, 0.6) is 0 Å². The van der Waals surface area contributed by atoms with Crippen molar-refractivity contribution < 1.29 is 0 Å². The fourth-order valence-corrected chi connectivity index (χ4v) is 1.04. The molecule has 1 aromatic rings. The fraction of sp³-hybridized carbons (Fsp3) is 0.444. The Morgan fingerprint density at radius 3 is 2.38 bits per heavy atom. The largest absolute Gasteiger partial charge is 0.322 e. The van der Waals surface area contributed by atoms with Crippen LogP contribution in [0.25, 0.3) is 0 Å². The number of rotatable bonds is 2. The van der Waals surface area contributed by atoms with Gasteiger partial charge in [0.05, 0.1) is 10.7 Å². The number of nitrogens with zero attached hydrogens (tertiary/aromatic N) is 1. The third-order valence-electron chi connectivity index (χ3n) is 1.81. The molecule has 0 aromatic carbocycles. The molecule has 13 heavy (non-hydrogen) atoms. The van der Waals surface area contributed by atoms with Crippen molar-refractivity contribution in [2.75, 3.05) is 0 Å². The first-order valence-corrected chi connectivity index (χ1v) is 4.36. The molecule has 4 heteroatoms. The number of pyridine rings is 1. The number of hydrogen-bond donors (Lipinski definition) is 1. The molecular formula is C9H14Cl2N2. The van der Waals surface area contributed by atoms with E-state index in [1.54, 1.807) is 6.20 Å². The lowest BCUT2D eigenvalue weighted by Gasteiger charge is -2.14. The first-order chi connectivity index (χ1) is 5.61. The van der Waals surface area contributed by atoms with E-state index in [0.717, 1.165) is 5.69 Å². The van der Waals surface area contributed by atoms with E-state index in [2.05, 4.69) is 18.8 Å². The van der Waals surface area contributed by atoms with E-state index in [1.807, 2.05) is 12.1 Å². The molecule has 2 nitrogen and oxygen atoms in total. The number of aromatic nitrogens is 1. The molecule has 0 saturated carbocycles. The van der Waals surface area contributed by atoms with Crippen molar-refractivity contribution in [2.45, 2.75) is 19.9 Å². The molecule has 2 N–H and O–H groups in total. The molecule has 0 aliphatic carbocycles. The number of hydrogen-bond acceptors (Lipinski definition) is 2. The summed E-state index contributed by atoms with van der Waals surface area (Å²) in [6, 6.07) is 3.68. The Morgan fingerprint density at radius 2 is 2.00 bits per heavy atom. The van der Waals surface area contributed by atoms with E-state index in [-0.39, 0.29) is 18.4 Å². The van der Waals surface area contributed by atoms with Gasteiger partial charge < -0.3 is 5.73 Å². The van der Waals surface area contributed by atoms with Crippen molar-refractivity contribution in [3.05, 3.63) is 29.0 Å². The maximum absolute atomic E-state index is 5.88. The molecule has 1 atom stereocenters. The van der Waals surface area contributed by atoms with Gasteiger partial charge in [-0.05, 0) is 18.1 Å². The highest BCUT2D eigenvalue weighted by molar-refractivity contribution is 6.30. The zero-order valence-electron chi connectivity index (χ0n) is 7.70. The third-order valence-corrected chi connectivity index (χ3v) is 2.03. The quantitative estimate of drug-likeness (QED) is 0.833. The third kappa shape index (κ3) is 3.51. The minimum absolute atomic E-state index is 0. The normalized spacial score (nSPS) is 12.4. The summed E-state index contributed by atoms with van der Waals surface area (Å²) in [4.78, 5) is 4.14. The zero-order valence-corrected chi connectivity index (χ0v) is 9.27. The van der Waals surface area contributed by atoms with Gasteiger partial charge in [-0.15, -0.1) is 12.4 Å². The molecular weight excluding hydrogens is 207 g/mol. The Labute approximate surface area is 89.9 Å². The maximum atomic E-state index is 5.88. The van der Waals surface area contributed by atoms with Crippen LogP contribution in [0.15, 0.2) is 18.3 Å². The van der Waals surface area contributed by atoms with Gasteiger partial charge in [0.1, 0.15) is 0 Å². The monoisotopic (exact) mass is 220 g/mol. The van der Waals surface area contributed by atoms with Gasteiger partial charge in [-0.1, -0.05) is 25.4 Å². The molecule has 1 unspecified atom stereocenters. The van der Waals surface area contributed by atoms with Gasteiger partial charge in [0.2, 0.25) is 0 Å². The first kappa shape index (κ1) is 12.7. The van der Waals surface area contributed by atoms with Crippen LogP contribution in [0.2, 0.25) is 5.02 Å². The Bertz CT molecular complexity index is 246. The fourth-order valence-electron chi connectivity index (χ4n) is 0.926. The summed E-state index contributed by atoms with van der Waals surface area (Å²) < 4.78 is 0. The number of halogens is 2. The van der Waals surface area contributed by atoms with Crippen molar-refractivity contribution in [3.8, 4) is 0 Å². The summed E-state index contributed by atoms with van der Waals surface area (Å²) in [5.41, 5.74) is 6.78. The minimum Gasteiger partial charge on any atom is -0.322 e. The van der Waals surface area contributed by atoms with Crippen molar-refractivity contribution in [3.63, 3.8) is 0 Å². The second-order valence-electron chi connectivity index (χ2n) is 3.17. The van der Waals surface area contributed by atoms with Gasteiger partial charge in [-0.3, -0.25) is 4.98 Å². The average molecular weight is 221 g/mol. The summed E-state index contributed by atoms with van der Waals surface area (Å²) >= 11 is 5.69. The van der Waals surface area contributed by atoms with Crippen LogP contribution < -0.4 is 5.73 Å². The minimum atomic E-state index is 0. The van der Waals surface area contributed by atoms with Gasteiger partial charge in [-0.25, -0.2) is 0 Å². The van der Waals surface area contributed by atoms with E-state index >= 15 is 0 Å². The van der Waals surface area contributed by atoms with Gasteiger partial charge in [0.25, 0.3) is 0 Å². The maximum Gasteiger partial charge on any atom is 0.0589 e. The van der Waals surface area contributed by atoms with Crippen molar-refractivity contribution in [1.82, 2.24) is 4.98 Å². The summed E-state index contributed by atoms with van der Waals surface area (Å²) in [6.07, 6.45) is 1.62. The van der Waals surface area contributed by atoms with Crippen LogP contribution in [0.4, 0.5) is 0 Å². The Balaban J connectivity index is 0.00000144. The molecule has 0 saturated heterocycles. The highest BCUT2D eigenvalue weighted by atomic mass is 35.5. The highest BCUT2D eigenvalue weighted by Gasteiger charge is 2.10.